The molecule has 238 valence electrons. The highest BCUT2D eigenvalue weighted by molar-refractivity contribution is 6.04. The van der Waals surface area contributed by atoms with E-state index in [1.54, 1.807) is 0 Å². The van der Waals surface area contributed by atoms with Crippen LogP contribution in [0.3, 0.4) is 0 Å². The van der Waals surface area contributed by atoms with E-state index in [1.165, 1.54) is 72.0 Å². The summed E-state index contributed by atoms with van der Waals surface area (Å²) >= 11 is 0. The Bertz CT molecular complexity index is 2320. The molecule has 1 heteroatoms. The van der Waals surface area contributed by atoms with Gasteiger partial charge in [0.15, 0.2) is 0 Å². The molecule has 0 fully saturated rings. The molecule has 0 atom stereocenters. The second-order valence-electron chi connectivity index (χ2n) is 14.9. The lowest BCUT2D eigenvalue weighted by Crippen LogP contribution is -2.28. The van der Waals surface area contributed by atoms with Crippen molar-refractivity contribution in [2.24, 2.45) is 5.92 Å². The zero-order valence-electron chi connectivity index (χ0n) is 28.7. The van der Waals surface area contributed by atoms with E-state index in [9.17, 15) is 0 Å². The molecule has 0 aliphatic heterocycles. The van der Waals surface area contributed by atoms with E-state index in [2.05, 4.69) is 185 Å². The first kappa shape index (κ1) is 29.7. The summed E-state index contributed by atoms with van der Waals surface area (Å²) in [7, 11) is 0. The van der Waals surface area contributed by atoms with E-state index < -0.39 is 5.41 Å². The van der Waals surface area contributed by atoms with Gasteiger partial charge in [-0.15, -0.1) is 0 Å². The number of fused-ring (bicyclic) bond motifs is 8. The lowest BCUT2D eigenvalue weighted by Gasteiger charge is -2.34. The van der Waals surface area contributed by atoms with E-state index in [0.29, 0.717) is 5.92 Å². The second kappa shape index (κ2) is 11.1. The molecule has 0 saturated heterocycles. The van der Waals surface area contributed by atoms with Gasteiger partial charge in [-0.1, -0.05) is 143 Å². The van der Waals surface area contributed by atoms with E-state index in [-0.39, 0.29) is 5.41 Å². The molecule has 49 heavy (non-hydrogen) atoms. The van der Waals surface area contributed by atoms with Gasteiger partial charge in [-0.25, -0.2) is 0 Å². The zero-order chi connectivity index (χ0) is 33.3. The summed E-state index contributed by atoms with van der Waals surface area (Å²) in [5.41, 5.74) is 16.4. The van der Waals surface area contributed by atoms with Crippen LogP contribution in [0.15, 0.2) is 152 Å². The molecule has 2 aliphatic rings. The van der Waals surface area contributed by atoms with Crippen molar-refractivity contribution < 1.29 is 0 Å². The fourth-order valence-electron chi connectivity index (χ4n) is 8.92. The third-order valence-electron chi connectivity index (χ3n) is 11.1. The largest absolute Gasteiger partial charge is 0.356 e. The topological polar surface area (TPSA) is 12.0 Å². The Hall–Kier alpha value is -5.40. The predicted molar refractivity (Wildman–Crippen MR) is 207 cm³/mol. The summed E-state index contributed by atoms with van der Waals surface area (Å²) in [6.07, 6.45) is 1.09. The molecule has 0 spiro atoms. The minimum atomic E-state index is -0.488. The van der Waals surface area contributed by atoms with Crippen molar-refractivity contribution in [3.05, 3.63) is 191 Å². The van der Waals surface area contributed by atoms with Gasteiger partial charge in [0.05, 0.1) is 5.41 Å². The van der Waals surface area contributed by atoms with E-state index in [0.717, 1.165) is 17.8 Å². The minimum absolute atomic E-state index is 0.113. The van der Waals surface area contributed by atoms with Crippen LogP contribution in [0.4, 0.5) is 11.4 Å². The second-order valence-corrected chi connectivity index (χ2v) is 14.9. The molecule has 7 aromatic rings. The number of rotatable bonds is 6. The van der Waals surface area contributed by atoms with Crippen LogP contribution in [-0.2, 0) is 17.3 Å². The number of hydrogen-bond donors (Lipinski definition) is 1. The molecular formula is C48H41N. The Kier molecular flexibility index (Phi) is 6.71. The van der Waals surface area contributed by atoms with Crippen molar-refractivity contribution in [1.29, 1.82) is 0 Å². The van der Waals surface area contributed by atoms with Crippen LogP contribution < -0.4 is 5.32 Å². The van der Waals surface area contributed by atoms with Gasteiger partial charge in [-0.2, -0.15) is 0 Å². The molecule has 9 rings (SSSR count). The Balaban J connectivity index is 1.30. The molecule has 0 unspecified atom stereocenters. The van der Waals surface area contributed by atoms with Gasteiger partial charge < -0.3 is 5.32 Å². The molecule has 7 aromatic carbocycles. The smallest absolute Gasteiger partial charge is 0.0714 e. The van der Waals surface area contributed by atoms with Gasteiger partial charge in [-0.05, 0) is 121 Å². The van der Waals surface area contributed by atoms with Gasteiger partial charge in [0.25, 0.3) is 0 Å². The van der Waals surface area contributed by atoms with Gasteiger partial charge in [0.1, 0.15) is 0 Å². The monoisotopic (exact) mass is 631 g/mol. The first-order chi connectivity index (χ1) is 23.9. The van der Waals surface area contributed by atoms with E-state index in [1.807, 2.05) is 0 Å². The zero-order valence-corrected chi connectivity index (χ0v) is 28.7. The maximum absolute atomic E-state index is 3.77. The standard InChI is InChI=1S/C48H41N/c1-31(2)27-32-19-22-36(23-20-32)49-37-24-25-39-40-29-43-41(46-38-18-12-11-13-33(38)21-26-42(46)47(43,3)4)30-45(40)48(44(39)28-37,34-14-7-5-8-15-34)35-16-9-6-10-17-35/h5-26,28-31,49H,27H2,1-4H3. The van der Waals surface area contributed by atoms with Crippen molar-refractivity contribution in [2.45, 2.75) is 44.9 Å². The fraction of sp³-hybridized carbons (Fsp3) is 0.167. The molecule has 0 bridgehead atoms. The first-order valence-corrected chi connectivity index (χ1v) is 17.7. The molecule has 1 N–H and O–H groups in total. The molecule has 0 saturated carbocycles. The lowest BCUT2D eigenvalue weighted by atomic mass is 9.67. The fourth-order valence-corrected chi connectivity index (χ4v) is 8.92. The Morgan fingerprint density at radius 3 is 1.82 bits per heavy atom. The van der Waals surface area contributed by atoms with Gasteiger partial charge >= 0.3 is 0 Å². The highest BCUT2D eigenvalue weighted by Gasteiger charge is 2.48. The maximum Gasteiger partial charge on any atom is 0.0714 e. The van der Waals surface area contributed by atoms with Crippen LogP contribution in [0, 0.1) is 5.92 Å². The highest BCUT2D eigenvalue weighted by Crippen LogP contribution is 2.61. The summed E-state index contributed by atoms with van der Waals surface area (Å²) in [6, 6.07) is 56.9. The normalized spacial score (nSPS) is 14.7. The SMILES string of the molecule is CC(C)Cc1ccc(Nc2ccc3c(c2)C(c2ccccc2)(c2ccccc2)c2cc4c(cc2-3)C(C)(C)c2ccc3ccccc3c2-4)cc1. The summed E-state index contributed by atoms with van der Waals surface area (Å²) in [5, 5.41) is 6.40. The van der Waals surface area contributed by atoms with Crippen LogP contribution in [0.5, 0.6) is 0 Å². The van der Waals surface area contributed by atoms with E-state index in [4.69, 9.17) is 0 Å². The first-order valence-electron chi connectivity index (χ1n) is 17.7. The highest BCUT2D eigenvalue weighted by atomic mass is 14.9. The molecule has 1 nitrogen and oxygen atoms in total. The van der Waals surface area contributed by atoms with Crippen molar-refractivity contribution in [3.8, 4) is 22.3 Å². The predicted octanol–water partition coefficient (Wildman–Crippen LogP) is 12.5. The molecule has 0 radical (unpaired) electrons. The maximum atomic E-state index is 3.77. The van der Waals surface area contributed by atoms with Crippen LogP contribution in [0.25, 0.3) is 33.0 Å². The van der Waals surface area contributed by atoms with Crippen molar-refractivity contribution in [3.63, 3.8) is 0 Å². The summed E-state index contributed by atoms with van der Waals surface area (Å²) in [5.74, 6) is 0.639. The summed E-state index contributed by atoms with van der Waals surface area (Å²) < 4.78 is 0. The molecular weight excluding hydrogens is 591 g/mol. The summed E-state index contributed by atoms with van der Waals surface area (Å²) in [6.45, 7) is 9.35. The van der Waals surface area contributed by atoms with Crippen LogP contribution >= 0.6 is 0 Å². The number of nitrogens with one attached hydrogen (secondary N) is 1. The lowest BCUT2D eigenvalue weighted by molar-refractivity contribution is 0.647. The van der Waals surface area contributed by atoms with Crippen LogP contribution in [0.1, 0.15) is 66.6 Å². The Morgan fingerprint density at radius 1 is 0.510 bits per heavy atom. The van der Waals surface area contributed by atoms with Gasteiger partial charge in [-0.3, -0.25) is 0 Å². The Labute approximate surface area is 290 Å². The quantitative estimate of drug-likeness (QED) is 0.193. The summed E-state index contributed by atoms with van der Waals surface area (Å²) in [4.78, 5) is 0. The minimum Gasteiger partial charge on any atom is -0.356 e. The third kappa shape index (κ3) is 4.45. The number of hydrogen-bond acceptors (Lipinski definition) is 1. The average molecular weight is 632 g/mol. The molecule has 0 aromatic heterocycles. The Morgan fingerprint density at radius 2 is 1.12 bits per heavy atom. The van der Waals surface area contributed by atoms with Crippen molar-refractivity contribution in [2.75, 3.05) is 5.32 Å². The van der Waals surface area contributed by atoms with Crippen molar-refractivity contribution >= 4 is 22.1 Å². The molecule has 2 aliphatic carbocycles. The van der Waals surface area contributed by atoms with Gasteiger partial charge in [0, 0.05) is 16.8 Å². The number of anilines is 2. The van der Waals surface area contributed by atoms with Crippen LogP contribution in [-0.4, -0.2) is 0 Å². The van der Waals surface area contributed by atoms with Crippen molar-refractivity contribution in [1.82, 2.24) is 0 Å². The average Bonchev–Trinajstić information content (AvgIpc) is 3.53. The number of benzene rings is 7. The van der Waals surface area contributed by atoms with Crippen LogP contribution in [0.2, 0.25) is 0 Å². The van der Waals surface area contributed by atoms with Gasteiger partial charge in [0.2, 0.25) is 0 Å². The third-order valence-corrected chi connectivity index (χ3v) is 11.1. The van der Waals surface area contributed by atoms with E-state index >= 15 is 0 Å². The molecule has 0 heterocycles. The molecule has 0 amide bonds.